The number of nitrogens with zero attached hydrogens (tertiary/aromatic N) is 5. The first-order valence-electron chi connectivity index (χ1n) is 6.02. The summed E-state index contributed by atoms with van der Waals surface area (Å²) in [4.78, 5) is 33.6. The van der Waals surface area contributed by atoms with Gasteiger partial charge in [0.1, 0.15) is 22.5 Å². The topological polar surface area (TPSA) is 142 Å². The minimum atomic E-state index is -4.72. The van der Waals surface area contributed by atoms with Crippen LogP contribution in [0.4, 0.5) is 0 Å². The molecule has 126 valence electrons. The summed E-state index contributed by atoms with van der Waals surface area (Å²) in [5.74, 6) is -0.0802. The van der Waals surface area contributed by atoms with Crippen molar-refractivity contribution in [3.05, 3.63) is 39.2 Å². The molecule has 1 fully saturated rings. The van der Waals surface area contributed by atoms with Crippen LogP contribution in [0.1, 0.15) is 5.56 Å². The maximum atomic E-state index is 10.7. The highest BCUT2D eigenvalue weighted by molar-refractivity contribution is 7.96. The van der Waals surface area contributed by atoms with Crippen molar-refractivity contribution in [1.29, 1.82) is 0 Å². The molecule has 2 rings (SSSR count). The van der Waals surface area contributed by atoms with Crippen molar-refractivity contribution in [2.24, 2.45) is 5.10 Å². The standard InChI is InChI=1S/C9H11ClN5O6PS/c10-8-2-1-7(5-11-8)6-13-3-4-14(9(13)12-15(16)17)23-21-22(18,19)20/h1-2,5H,3-4,6H2,(H2,18,19,20). The molecule has 0 radical (unpaired) electrons. The highest BCUT2D eigenvalue weighted by Gasteiger charge is 2.33. The summed E-state index contributed by atoms with van der Waals surface area (Å²) in [5, 5.41) is 13.4. The molecule has 2 N–H and O–H groups in total. The van der Waals surface area contributed by atoms with Crippen LogP contribution in [0.5, 0.6) is 0 Å². The van der Waals surface area contributed by atoms with Gasteiger partial charge in [0.15, 0.2) is 5.03 Å². The van der Waals surface area contributed by atoms with Gasteiger partial charge in [-0.1, -0.05) is 17.7 Å². The Bertz CT molecular complexity index is 654. The van der Waals surface area contributed by atoms with E-state index in [0.29, 0.717) is 23.9 Å². The Morgan fingerprint density at radius 2 is 2.26 bits per heavy atom. The molecule has 1 aromatic heterocycles. The molecule has 2 heterocycles. The van der Waals surface area contributed by atoms with Gasteiger partial charge in [-0.3, -0.25) is 4.31 Å². The first-order valence-corrected chi connectivity index (χ1v) is 8.63. The first-order chi connectivity index (χ1) is 10.7. The zero-order valence-corrected chi connectivity index (χ0v) is 13.8. The van der Waals surface area contributed by atoms with Gasteiger partial charge in [0.25, 0.3) is 5.96 Å². The van der Waals surface area contributed by atoms with Crippen LogP contribution in [0.15, 0.2) is 23.4 Å². The number of hydrogen-bond acceptors (Lipinski definition) is 6. The van der Waals surface area contributed by atoms with Gasteiger partial charge < -0.3 is 14.7 Å². The predicted octanol–water partition coefficient (Wildman–Crippen LogP) is 1.07. The van der Waals surface area contributed by atoms with Crippen LogP contribution in [0.2, 0.25) is 5.15 Å². The Labute approximate surface area is 139 Å². The molecule has 0 spiro atoms. The van der Waals surface area contributed by atoms with Gasteiger partial charge in [-0.05, 0) is 11.6 Å². The van der Waals surface area contributed by atoms with E-state index in [-0.39, 0.29) is 19.0 Å². The number of halogens is 1. The zero-order chi connectivity index (χ0) is 17.0. The number of pyridine rings is 1. The summed E-state index contributed by atoms with van der Waals surface area (Å²) in [6.45, 7) is 0.856. The maximum Gasteiger partial charge on any atom is 0.482 e. The molecule has 11 nitrogen and oxygen atoms in total. The normalized spacial score (nSPS) is 17.1. The van der Waals surface area contributed by atoms with Crippen LogP contribution >= 0.6 is 31.7 Å². The van der Waals surface area contributed by atoms with Crippen LogP contribution in [0.3, 0.4) is 0 Å². The molecule has 23 heavy (non-hydrogen) atoms. The number of hydrazone groups is 1. The Morgan fingerprint density at radius 1 is 1.52 bits per heavy atom. The second-order valence-corrected chi connectivity index (χ2v) is 6.84. The van der Waals surface area contributed by atoms with Crippen molar-refractivity contribution < 1.29 is 23.4 Å². The molecule has 1 aliphatic rings. The predicted molar refractivity (Wildman–Crippen MR) is 81.5 cm³/mol. The van der Waals surface area contributed by atoms with Gasteiger partial charge in [-0.2, -0.15) is 3.97 Å². The number of rotatable bonds is 6. The van der Waals surface area contributed by atoms with E-state index in [4.69, 9.17) is 21.4 Å². The molecule has 14 heteroatoms. The second-order valence-electron chi connectivity index (χ2n) is 4.29. The third-order valence-corrected chi connectivity index (χ3v) is 4.43. The monoisotopic (exact) mass is 383 g/mol. The highest BCUT2D eigenvalue weighted by Crippen LogP contribution is 2.42. The molecular formula is C9H11ClN5O6PS. The summed E-state index contributed by atoms with van der Waals surface area (Å²) in [6, 6.07) is 3.29. The lowest BCUT2D eigenvalue weighted by molar-refractivity contribution is -0.486. The molecule has 1 saturated heterocycles. The van der Waals surface area contributed by atoms with Crippen molar-refractivity contribution in [2.75, 3.05) is 13.1 Å². The quantitative estimate of drug-likeness (QED) is 0.183. The summed E-state index contributed by atoms with van der Waals surface area (Å²) >= 11 is 6.01. The van der Waals surface area contributed by atoms with Crippen molar-refractivity contribution >= 4 is 37.6 Å². The average Bonchev–Trinajstić information content (AvgIpc) is 2.80. The van der Waals surface area contributed by atoms with Gasteiger partial charge in [0, 0.05) is 19.3 Å². The average molecular weight is 384 g/mol. The fourth-order valence-electron chi connectivity index (χ4n) is 1.78. The first kappa shape index (κ1) is 17.9. The van der Waals surface area contributed by atoms with Crippen molar-refractivity contribution in [1.82, 2.24) is 14.2 Å². The van der Waals surface area contributed by atoms with Crippen molar-refractivity contribution in [2.45, 2.75) is 6.54 Å². The summed E-state index contributed by atoms with van der Waals surface area (Å²) in [6.07, 6.45) is 1.52. The molecule has 0 saturated carbocycles. The Kier molecular flexibility index (Phi) is 5.79. The molecular weight excluding hydrogens is 373 g/mol. The Balaban J connectivity index is 2.11. The number of guanidine groups is 1. The van der Waals surface area contributed by atoms with Crippen LogP contribution < -0.4 is 0 Å². The maximum absolute atomic E-state index is 10.7. The molecule has 0 aliphatic carbocycles. The van der Waals surface area contributed by atoms with Crippen LogP contribution in [0, 0.1) is 10.1 Å². The van der Waals surface area contributed by atoms with Crippen LogP contribution in [-0.4, -0.2) is 48.1 Å². The second kappa shape index (κ2) is 7.43. The largest absolute Gasteiger partial charge is 0.482 e. The Morgan fingerprint density at radius 3 is 2.83 bits per heavy atom. The van der Waals surface area contributed by atoms with E-state index in [1.54, 1.807) is 17.0 Å². The molecule has 0 bridgehead atoms. The van der Waals surface area contributed by atoms with E-state index in [0.717, 1.165) is 5.56 Å². The van der Waals surface area contributed by atoms with Gasteiger partial charge in [-0.15, -0.1) is 0 Å². The van der Waals surface area contributed by atoms with Gasteiger partial charge >= 0.3 is 7.82 Å². The smallest absolute Gasteiger partial charge is 0.331 e. The lowest BCUT2D eigenvalue weighted by atomic mass is 10.3. The molecule has 0 unspecified atom stereocenters. The molecule has 1 aliphatic heterocycles. The van der Waals surface area contributed by atoms with Gasteiger partial charge in [0.2, 0.25) is 0 Å². The molecule has 0 atom stereocenters. The number of nitro groups is 1. The Hall–Kier alpha value is -1.43. The number of phosphoric acid groups is 1. The van der Waals surface area contributed by atoms with Crippen molar-refractivity contribution in [3.8, 4) is 0 Å². The summed E-state index contributed by atoms with van der Waals surface area (Å²) < 4.78 is 16.2. The van der Waals surface area contributed by atoms with E-state index in [1.165, 1.54) is 10.5 Å². The minimum absolute atomic E-state index is 0.0802. The van der Waals surface area contributed by atoms with E-state index < -0.39 is 12.9 Å². The van der Waals surface area contributed by atoms with E-state index >= 15 is 0 Å². The number of hydrogen-bond donors (Lipinski definition) is 2. The van der Waals surface area contributed by atoms with Gasteiger partial charge in [-0.25, -0.2) is 19.7 Å². The fourth-order valence-corrected chi connectivity index (χ4v) is 2.94. The zero-order valence-electron chi connectivity index (χ0n) is 11.4. The van der Waals surface area contributed by atoms with Crippen LogP contribution in [-0.2, 0) is 15.1 Å². The highest BCUT2D eigenvalue weighted by atomic mass is 35.5. The van der Waals surface area contributed by atoms with Crippen molar-refractivity contribution in [3.63, 3.8) is 0 Å². The SMILES string of the molecule is O=[N+]([O-])N=C1N(Cc2ccc(Cl)nc2)CCN1SOP(=O)(O)O. The summed E-state index contributed by atoms with van der Waals surface area (Å²) in [7, 11) is -4.72. The molecule has 0 aromatic carbocycles. The molecule has 0 amide bonds. The van der Waals surface area contributed by atoms with E-state index in [9.17, 15) is 14.7 Å². The third kappa shape index (κ3) is 5.61. The lowest BCUT2D eigenvalue weighted by Crippen LogP contribution is -2.31. The van der Waals surface area contributed by atoms with Crippen LogP contribution in [0.25, 0.3) is 0 Å². The minimum Gasteiger partial charge on any atom is -0.331 e. The molecule has 1 aromatic rings. The fraction of sp³-hybridized carbons (Fsp3) is 0.333. The summed E-state index contributed by atoms with van der Waals surface area (Å²) in [5.41, 5.74) is 0.744. The lowest BCUT2D eigenvalue weighted by Gasteiger charge is -2.19. The number of aromatic nitrogens is 1. The van der Waals surface area contributed by atoms with E-state index in [2.05, 4.69) is 14.1 Å². The van der Waals surface area contributed by atoms with Gasteiger partial charge in [0.05, 0.1) is 6.54 Å². The van der Waals surface area contributed by atoms with E-state index in [1.807, 2.05) is 0 Å². The third-order valence-electron chi connectivity index (χ3n) is 2.63.